The summed E-state index contributed by atoms with van der Waals surface area (Å²) in [6.07, 6.45) is 0.535. The van der Waals surface area contributed by atoms with E-state index in [4.69, 9.17) is 9.88 Å². The van der Waals surface area contributed by atoms with E-state index in [0.717, 1.165) is 0 Å². The average molecular weight is 210 g/mol. The molecule has 0 aliphatic rings. The van der Waals surface area contributed by atoms with Gasteiger partial charge in [0.15, 0.2) is 0 Å². The van der Waals surface area contributed by atoms with E-state index < -0.39 is 10.0 Å². The van der Waals surface area contributed by atoms with Crippen molar-refractivity contribution in [1.82, 2.24) is 5.32 Å². The second-order valence-corrected chi connectivity index (χ2v) is 4.77. The van der Waals surface area contributed by atoms with Crippen LogP contribution in [0.25, 0.3) is 0 Å². The molecule has 0 saturated heterocycles. The minimum atomic E-state index is -3.31. The summed E-state index contributed by atoms with van der Waals surface area (Å²) in [5.74, 6) is 0.0275. The first-order valence-electron chi connectivity index (χ1n) is 4.18. The molecule has 0 aromatic carbocycles. The lowest BCUT2D eigenvalue weighted by molar-refractivity contribution is 0.172. The van der Waals surface area contributed by atoms with Crippen molar-refractivity contribution in [2.75, 3.05) is 26.0 Å². The standard InChI is InChI=1S/C7H18N2O3S/c1-7(6-12-2)9-4-3-5-13(8,10)11/h7,9H,3-6H2,1-2H3,(H2,8,10,11). The lowest BCUT2D eigenvalue weighted by atomic mass is 10.3. The Bertz CT molecular complexity index is 216. The number of hydrogen-bond acceptors (Lipinski definition) is 4. The van der Waals surface area contributed by atoms with Crippen molar-refractivity contribution >= 4 is 10.0 Å². The number of sulfonamides is 1. The lowest BCUT2D eigenvalue weighted by Crippen LogP contribution is -2.32. The molecule has 0 heterocycles. The van der Waals surface area contributed by atoms with E-state index in [1.165, 1.54) is 0 Å². The van der Waals surface area contributed by atoms with Gasteiger partial charge in [0.25, 0.3) is 0 Å². The SMILES string of the molecule is COCC(C)NCCCS(N)(=O)=O. The molecule has 0 saturated carbocycles. The van der Waals surface area contributed by atoms with Crippen LogP contribution >= 0.6 is 0 Å². The minimum absolute atomic E-state index is 0.0275. The van der Waals surface area contributed by atoms with Crippen LogP contribution in [0.1, 0.15) is 13.3 Å². The summed E-state index contributed by atoms with van der Waals surface area (Å²) >= 11 is 0. The molecular formula is C7H18N2O3S. The first kappa shape index (κ1) is 12.8. The molecule has 0 rings (SSSR count). The summed E-state index contributed by atoms with van der Waals surface area (Å²) < 4.78 is 26.0. The third-order valence-electron chi connectivity index (χ3n) is 1.52. The van der Waals surface area contributed by atoms with Gasteiger partial charge in [-0.2, -0.15) is 0 Å². The fourth-order valence-electron chi connectivity index (χ4n) is 0.931. The number of nitrogens with one attached hydrogen (secondary N) is 1. The molecular weight excluding hydrogens is 192 g/mol. The Kier molecular flexibility index (Phi) is 6.23. The van der Waals surface area contributed by atoms with Crippen LogP contribution in [-0.4, -0.2) is 40.5 Å². The molecule has 0 spiro atoms. The van der Waals surface area contributed by atoms with Crippen LogP contribution < -0.4 is 10.5 Å². The molecule has 0 aromatic rings. The fourth-order valence-corrected chi connectivity index (χ4v) is 1.48. The van der Waals surface area contributed by atoms with Gasteiger partial charge < -0.3 is 10.1 Å². The number of nitrogens with two attached hydrogens (primary N) is 1. The van der Waals surface area contributed by atoms with Crippen molar-refractivity contribution in [2.45, 2.75) is 19.4 Å². The summed E-state index contributed by atoms with van der Waals surface area (Å²) in [4.78, 5) is 0. The molecule has 0 aliphatic heterocycles. The Morgan fingerprint density at radius 1 is 1.54 bits per heavy atom. The normalized spacial score (nSPS) is 14.4. The number of rotatable bonds is 7. The summed E-state index contributed by atoms with van der Waals surface area (Å²) in [6, 6.07) is 0.241. The first-order valence-corrected chi connectivity index (χ1v) is 5.90. The smallest absolute Gasteiger partial charge is 0.209 e. The van der Waals surface area contributed by atoms with Crippen LogP contribution in [0.4, 0.5) is 0 Å². The third kappa shape index (κ3) is 9.75. The van der Waals surface area contributed by atoms with Gasteiger partial charge in [-0.1, -0.05) is 0 Å². The molecule has 1 unspecified atom stereocenters. The van der Waals surface area contributed by atoms with Gasteiger partial charge in [0, 0.05) is 13.2 Å². The van der Waals surface area contributed by atoms with E-state index >= 15 is 0 Å². The van der Waals surface area contributed by atoms with Gasteiger partial charge in [0.1, 0.15) is 0 Å². The Morgan fingerprint density at radius 3 is 2.62 bits per heavy atom. The van der Waals surface area contributed by atoms with E-state index in [1.807, 2.05) is 6.92 Å². The highest BCUT2D eigenvalue weighted by Gasteiger charge is 2.03. The largest absolute Gasteiger partial charge is 0.383 e. The molecule has 1 atom stereocenters. The number of hydrogen-bond donors (Lipinski definition) is 2. The van der Waals surface area contributed by atoms with E-state index in [-0.39, 0.29) is 11.8 Å². The molecule has 0 aromatic heterocycles. The number of ether oxygens (including phenoxy) is 1. The van der Waals surface area contributed by atoms with Gasteiger partial charge >= 0.3 is 0 Å². The minimum Gasteiger partial charge on any atom is -0.383 e. The predicted octanol–water partition coefficient (Wildman–Crippen LogP) is -0.710. The molecule has 80 valence electrons. The summed E-state index contributed by atoms with van der Waals surface area (Å²) in [5, 5.41) is 7.94. The highest BCUT2D eigenvalue weighted by molar-refractivity contribution is 7.89. The zero-order chi connectivity index (χ0) is 10.3. The van der Waals surface area contributed by atoms with Crippen LogP contribution in [0, 0.1) is 0 Å². The fraction of sp³-hybridized carbons (Fsp3) is 1.00. The molecule has 0 amide bonds. The van der Waals surface area contributed by atoms with E-state index in [2.05, 4.69) is 5.32 Å². The van der Waals surface area contributed by atoms with Crippen LogP contribution in [0.2, 0.25) is 0 Å². The monoisotopic (exact) mass is 210 g/mol. The van der Waals surface area contributed by atoms with Gasteiger partial charge in [-0.05, 0) is 19.9 Å². The van der Waals surface area contributed by atoms with E-state index in [0.29, 0.717) is 19.6 Å². The maximum Gasteiger partial charge on any atom is 0.209 e. The van der Waals surface area contributed by atoms with Crippen LogP contribution in [0.3, 0.4) is 0 Å². The Morgan fingerprint density at radius 2 is 2.15 bits per heavy atom. The van der Waals surface area contributed by atoms with Crippen molar-refractivity contribution in [3.8, 4) is 0 Å². The number of primary sulfonamides is 1. The average Bonchev–Trinajstić information content (AvgIpc) is 1.97. The van der Waals surface area contributed by atoms with Crippen molar-refractivity contribution in [1.29, 1.82) is 0 Å². The summed E-state index contributed by atoms with van der Waals surface area (Å²) in [7, 11) is -1.68. The molecule has 6 heteroatoms. The molecule has 3 N–H and O–H groups in total. The maximum absolute atomic E-state index is 10.5. The molecule has 13 heavy (non-hydrogen) atoms. The second kappa shape index (κ2) is 6.31. The number of methoxy groups -OCH3 is 1. The van der Waals surface area contributed by atoms with Gasteiger partial charge in [-0.3, -0.25) is 0 Å². The topological polar surface area (TPSA) is 81.4 Å². The van der Waals surface area contributed by atoms with Crippen molar-refractivity contribution in [3.63, 3.8) is 0 Å². The highest BCUT2D eigenvalue weighted by Crippen LogP contribution is 1.86. The first-order chi connectivity index (χ1) is 5.95. The van der Waals surface area contributed by atoms with Crippen molar-refractivity contribution in [2.24, 2.45) is 5.14 Å². The van der Waals surface area contributed by atoms with Crippen molar-refractivity contribution < 1.29 is 13.2 Å². The van der Waals surface area contributed by atoms with Crippen molar-refractivity contribution in [3.05, 3.63) is 0 Å². The van der Waals surface area contributed by atoms with E-state index in [9.17, 15) is 8.42 Å². The Labute approximate surface area is 79.7 Å². The molecule has 0 radical (unpaired) electrons. The van der Waals surface area contributed by atoms with Gasteiger partial charge in [0.05, 0.1) is 12.4 Å². The summed E-state index contributed by atoms with van der Waals surface area (Å²) in [5.41, 5.74) is 0. The van der Waals surface area contributed by atoms with Gasteiger partial charge in [-0.25, -0.2) is 13.6 Å². The predicted molar refractivity (Wildman–Crippen MR) is 51.9 cm³/mol. The molecule has 0 fully saturated rings. The highest BCUT2D eigenvalue weighted by atomic mass is 32.2. The third-order valence-corrected chi connectivity index (χ3v) is 2.37. The lowest BCUT2D eigenvalue weighted by Gasteiger charge is -2.11. The molecule has 0 bridgehead atoms. The molecule has 5 nitrogen and oxygen atoms in total. The second-order valence-electron chi connectivity index (χ2n) is 3.03. The quantitative estimate of drug-likeness (QED) is 0.544. The van der Waals surface area contributed by atoms with Gasteiger partial charge in [-0.15, -0.1) is 0 Å². The van der Waals surface area contributed by atoms with Crippen LogP contribution in [0.15, 0.2) is 0 Å². The van der Waals surface area contributed by atoms with Crippen LogP contribution in [0.5, 0.6) is 0 Å². The Balaban J connectivity index is 3.36. The zero-order valence-electron chi connectivity index (χ0n) is 8.12. The molecule has 0 aliphatic carbocycles. The zero-order valence-corrected chi connectivity index (χ0v) is 8.93. The maximum atomic E-state index is 10.5. The Hall–Kier alpha value is -0.170. The summed E-state index contributed by atoms with van der Waals surface area (Å²) in [6.45, 7) is 3.23. The van der Waals surface area contributed by atoms with Crippen LogP contribution in [-0.2, 0) is 14.8 Å². The van der Waals surface area contributed by atoms with E-state index in [1.54, 1.807) is 7.11 Å². The van der Waals surface area contributed by atoms with Gasteiger partial charge in [0.2, 0.25) is 10.0 Å².